The van der Waals surface area contributed by atoms with Gasteiger partial charge in [-0.05, 0) is 12.1 Å². The Balaban J connectivity index is 1.73. The van der Waals surface area contributed by atoms with Gasteiger partial charge in [-0.15, -0.1) is 10.2 Å². The van der Waals surface area contributed by atoms with Gasteiger partial charge in [0.25, 0.3) is 0 Å². The number of para-hydroxylation sites is 1. The molecule has 0 bridgehead atoms. The number of nitrogens with one attached hydrogen (secondary N) is 1. The number of anilines is 2. The van der Waals surface area contributed by atoms with Gasteiger partial charge < -0.3 is 10.2 Å². The van der Waals surface area contributed by atoms with E-state index in [-0.39, 0.29) is 30.5 Å². The second kappa shape index (κ2) is 5.57. The maximum atomic E-state index is 13.7. The summed E-state index contributed by atoms with van der Waals surface area (Å²) in [5, 5.41) is 10.3. The summed E-state index contributed by atoms with van der Waals surface area (Å²) in [6, 6.07) is 6.02. The molecular formula is C13H11FN4O2S. The number of hydrogen-bond acceptors (Lipinski definition) is 5. The molecule has 2 amide bonds. The molecule has 108 valence electrons. The molecule has 21 heavy (non-hydrogen) atoms. The van der Waals surface area contributed by atoms with Crippen molar-refractivity contribution in [1.82, 2.24) is 10.2 Å². The number of carbonyl (C=O) groups is 2. The molecule has 2 heterocycles. The molecule has 0 saturated carbocycles. The normalized spacial score (nSPS) is 18.0. The quantitative estimate of drug-likeness (QED) is 0.936. The van der Waals surface area contributed by atoms with E-state index in [0.29, 0.717) is 5.13 Å². The van der Waals surface area contributed by atoms with Crippen LogP contribution in [0.3, 0.4) is 0 Å². The van der Waals surface area contributed by atoms with Gasteiger partial charge in [-0.1, -0.05) is 23.5 Å². The van der Waals surface area contributed by atoms with Crippen molar-refractivity contribution in [1.29, 1.82) is 0 Å². The number of benzene rings is 1. The minimum absolute atomic E-state index is 0.0545. The molecule has 8 heteroatoms. The molecule has 1 aromatic heterocycles. The fraction of sp³-hybridized carbons (Fsp3) is 0.231. The number of rotatable bonds is 3. The number of nitrogens with zero attached hydrogens (tertiary/aromatic N) is 3. The zero-order valence-corrected chi connectivity index (χ0v) is 11.6. The first-order valence-electron chi connectivity index (χ1n) is 6.27. The maximum absolute atomic E-state index is 13.7. The molecule has 0 radical (unpaired) electrons. The number of halogens is 1. The Morgan fingerprint density at radius 3 is 2.95 bits per heavy atom. The summed E-state index contributed by atoms with van der Waals surface area (Å²) in [6.45, 7) is 0.157. The van der Waals surface area contributed by atoms with Gasteiger partial charge in [-0.25, -0.2) is 4.39 Å². The van der Waals surface area contributed by atoms with Crippen LogP contribution in [0.1, 0.15) is 6.42 Å². The third-order valence-corrected chi connectivity index (χ3v) is 3.84. The van der Waals surface area contributed by atoms with E-state index >= 15 is 0 Å². The summed E-state index contributed by atoms with van der Waals surface area (Å²) < 4.78 is 13.7. The first-order valence-corrected chi connectivity index (χ1v) is 7.15. The predicted octanol–water partition coefficient (Wildman–Crippen LogP) is 1.67. The van der Waals surface area contributed by atoms with Gasteiger partial charge in [-0.3, -0.25) is 9.59 Å². The Morgan fingerprint density at radius 2 is 2.24 bits per heavy atom. The molecule has 2 aromatic rings. The average molecular weight is 306 g/mol. The van der Waals surface area contributed by atoms with Crippen LogP contribution in [-0.2, 0) is 9.59 Å². The highest BCUT2D eigenvalue weighted by molar-refractivity contribution is 7.13. The van der Waals surface area contributed by atoms with E-state index in [4.69, 9.17) is 0 Å². The Kier molecular flexibility index (Phi) is 3.61. The predicted molar refractivity (Wildman–Crippen MR) is 75.4 cm³/mol. The first-order chi connectivity index (χ1) is 10.1. The Bertz CT molecular complexity index is 677. The van der Waals surface area contributed by atoms with Crippen LogP contribution >= 0.6 is 11.3 Å². The lowest BCUT2D eigenvalue weighted by Crippen LogP contribution is -2.28. The van der Waals surface area contributed by atoms with Crippen molar-refractivity contribution >= 4 is 34.0 Å². The van der Waals surface area contributed by atoms with Gasteiger partial charge in [0, 0.05) is 13.0 Å². The van der Waals surface area contributed by atoms with Crippen molar-refractivity contribution in [2.24, 2.45) is 5.92 Å². The number of aromatic nitrogens is 2. The molecule has 1 unspecified atom stereocenters. The average Bonchev–Trinajstić information content (AvgIpc) is 3.09. The minimum atomic E-state index is -0.527. The van der Waals surface area contributed by atoms with E-state index in [1.807, 2.05) is 0 Å². The van der Waals surface area contributed by atoms with E-state index in [2.05, 4.69) is 15.5 Å². The van der Waals surface area contributed by atoms with Gasteiger partial charge in [0.15, 0.2) is 0 Å². The summed E-state index contributed by atoms with van der Waals surface area (Å²) in [5.41, 5.74) is 1.70. The molecule has 6 nitrogen and oxygen atoms in total. The molecule has 1 saturated heterocycles. The van der Waals surface area contributed by atoms with Crippen LogP contribution in [0.5, 0.6) is 0 Å². The van der Waals surface area contributed by atoms with E-state index < -0.39 is 11.7 Å². The standard InChI is InChI=1S/C13H11FN4O2S/c14-9-3-1-2-4-10(9)18-6-8(5-11(18)19)12(20)16-13-17-15-7-21-13/h1-4,7-8H,5-6H2,(H,16,17,20). The molecule has 0 spiro atoms. The van der Waals surface area contributed by atoms with Crippen molar-refractivity contribution in [3.05, 3.63) is 35.6 Å². The second-order valence-corrected chi connectivity index (χ2v) is 5.42. The van der Waals surface area contributed by atoms with E-state index in [1.165, 1.54) is 33.9 Å². The van der Waals surface area contributed by atoms with Gasteiger partial charge in [0.2, 0.25) is 16.9 Å². The van der Waals surface area contributed by atoms with Crippen molar-refractivity contribution < 1.29 is 14.0 Å². The molecule has 1 aliphatic heterocycles. The van der Waals surface area contributed by atoms with Crippen LogP contribution in [0.4, 0.5) is 15.2 Å². The lowest BCUT2D eigenvalue weighted by atomic mass is 10.1. The fourth-order valence-electron chi connectivity index (χ4n) is 2.22. The fourth-order valence-corrected chi connectivity index (χ4v) is 2.67. The second-order valence-electron chi connectivity index (χ2n) is 4.59. The number of carbonyl (C=O) groups excluding carboxylic acids is 2. The molecule has 1 N–H and O–H groups in total. The zero-order chi connectivity index (χ0) is 14.8. The van der Waals surface area contributed by atoms with Crippen LogP contribution in [0.15, 0.2) is 29.8 Å². The highest BCUT2D eigenvalue weighted by Crippen LogP contribution is 2.28. The largest absolute Gasteiger partial charge is 0.309 e. The monoisotopic (exact) mass is 306 g/mol. The topological polar surface area (TPSA) is 75.2 Å². The third-order valence-electron chi connectivity index (χ3n) is 3.23. The van der Waals surface area contributed by atoms with Crippen molar-refractivity contribution in [2.75, 3.05) is 16.8 Å². The summed E-state index contributed by atoms with van der Waals surface area (Å²) in [4.78, 5) is 25.4. The number of amides is 2. The minimum Gasteiger partial charge on any atom is -0.309 e. The Hall–Kier alpha value is -2.35. The third kappa shape index (κ3) is 2.75. The van der Waals surface area contributed by atoms with Crippen LogP contribution < -0.4 is 10.2 Å². The zero-order valence-electron chi connectivity index (χ0n) is 10.8. The van der Waals surface area contributed by atoms with Crippen LogP contribution in [0.2, 0.25) is 0 Å². The smallest absolute Gasteiger partial charge is 0.231 e. The van der Waals surface area contributed by atoms with Gasteiger partial charge in [0.05, 0.1) is 11.6 Å². The van der Waals surface area contributed by atoms with Crippen LogP contribution in [0.25, 0.3) is 0 Å². The highest BCUT2D eigenvalue weighted by Gasteiger charge is 2.36. The summed E-state index contributed by atoms with van der Waals surface area (Å²) in [7, 11) is 0. The van der Waals surface area contributed by atoms with Crippen molar-refractivity contribution in [2.45, 2.75) is 6.42 Å². The van der Waals surface area contributed by atoms with E-state index in [9.17, 15) is 14.0 Å². The molecule has 1 atom stereocenters. The lowest BCUT2D eigenvalue weighted by molar-refractivity contribution is -0.122. The SMILES string of the molecule is O=C(Nc1nncs1)C1CC(=O)N(c2ccccc2F)C1. The molecule has 1 fully saturated rings. The molecule has 3 rings (SSSR count). The van der Waals surface area contributed by atoms with Gasteiger partial charge in [0.1, 0.15) is 11.3 Å². The first kappa shape index (κ1) is 13.6. The Labute approximate surface area is 123 Å². The van der Waals surface area contributed by atoms with Crippen LogP contribution in [-0.4, -0.2) is 28.6 Å². The van der Waals surface area contributed by atoms with Crippen molar-refractivity contribution in [3.8, 4) is 0 Å². The molecular weight excluding hydrogens is 295 g/mol. The molecule has 0 aliphatic carbocycles. The molecule has 1 aliphatic rings. The van der Waals surface area contributed by atoms with E-state index in [0.717, 1.165) is 0 Å². The summed E-state index contributed by atoms with van der Waals surface area (Å²) in [6.07, 6.45) is 0.0545. The van der Waals surface area contributed by atoms with Crippen molar-refractivity contribution in [3.63, 3.8) is 0 Å². The Morgan fingerprint density at radius 1 is 1.43 bits per heavy atom. The lowest BCUT2D eigenvalue weighted by Gasteiger charge is -2.17. The summed E-state index contributed by atoms with van der Waals surface area (Å²) >= 11 is 1.20. The molecule has 1 aromatic carbocycles. The van der Waals surface area contributed by atoms with Crippen LogP contribution in [0, 0.1) is 11.7 Å². The van der Waals surface area contributed by atoms with Gasteiger partial charge in [-0.2, -0.15) is 0 Å². The van der Waals surface area contributed by atoms with Gasteiger partial charge >= 0.3 is 0 Å². The number of hydrogen-bond donors (Lipinski definition) is 1. The van der Waals surface area contributed by atoms with E-state index in [1.54, 1.807) is 12.1 Å². The maximum Gasteiger partial charge on any atom is 0.231 e. The summed E-state index contributed by atoms with van der Waals surface area (Å²) in [5.74, 6) is -1.58. The highest BCUT2D eigenvalue weighted by atomic mass is 32.1.